The summed E-state index contributed by atoms with van der Waals surface area (Å²) in [6.45, 7) is 3.83. The fourth-order valence-corrected chi connectivity index (χ4v) is 4.06. The molecule has 0 spiro atoms. The first-order chi connectivity index (χ1) is 11.1. The Labute approximate surface area is 145 Å². The summed E-state index contributed by atoms with van der Waals surface area (Å²) in [6.07, 6.45) is 3.43. The maximum atomic E-state index is 13.1. The Kier molecular flexibility index (Phi) is 5.11. The highest BCUT2D eigenvalue weighted by Crippen LogP contribution is 2.34. The van der Waals surface area contributed by atoms with Gasteiger partial charge >= 0.3 is 0 Å². The molecule has 0 N–H and O–H groups in total. The van der Waals surface area contributed by atoms with E-state index < -0.39 is 0 Å². The van der Waals surface area contributed by atoms with Gasteiger partial charge in [-0.3, -0.25) is 9.69 Å². The number of carbonyl (C=O) groups excluding carboxylic acids is 1. The lowest BCUT2D eigenvalue weighted by Gasteiger charge is -2.26. The number of hydrogen-bond acceptors (Lipinski definition) is 4. The summed E-state index contributed by atoms with van der Waals surface area (Å²) >= 11 is 3.43. The van der Waals surface area contributed by atoms with Crippen LogP contribution >= 0.6 is 15.9 Å². The highest BCUT2D eigenvalue weighted by molar-refractivity contribution is 9.10. The molecule has 2 fully saturated rings. The van der Waals surface area contributed by atoms with E-state index in [2.05, 4.69) is 20.8 Å². The van der Waals surface area contributed by atoms with Gasteiger partial charge in [-0.1, -0.05) is 15.9 Å². The molecule has 2 heterocycles. The Hall–Kier alpha value is -1.27. The predicted molar refractivity (Wildman–Crippen MR) is 92.4 cm³/mol. The van der Waals surface area contributed by atoms with Crippen molar-refractivity contribution in [2.45, 2.75) is 25.3 Å². The molecular formula is C17H23BrN2O3. The molecule has 1 amide bonds. The van der Waals surface area contributed by atoms with Crippen LogP contribution in [0.2, 0.25) is 0 Å². The lowest BCUT2D eigenvalue weighted by Crippen LogP contribution is -2.39. The van der Waals surface area contributed by atoms with Gasteiger partial charge < -0.3 is 14.4 Å². The quantitative estimate of drug-likeness (QED) is 0.805. The minimum atomic E-state index is -0.0000463. The molecule has 0 aromatic heterocycles. The summed E-state index contributed by atoms with van der Waals surface area (Å²) in [4.78, 5) is 17.6. The van der Waals surface area contributed by atoms with Gasteiger partial charge in [-0.25, -0.2) is 0 Å². The van der Waals surface area contributed by atoms with Crippen molar-refractivity contribution in [3.8, 4) is 11.5 Å². The van der Waals surface area contributed by atoms with Gasteiger partial charge in [-0.2, -0.15) is 0 Å². The first kappa shape index (κ1) is 16.6. The third-order valence-electron chi connectivity index (χ3n) is 4.78. The highest BCUT2D eigenvalue weighted by Gasteiger charge is 2.32. The summed E-state index contributed by atoms with van der Waals surface area (Å²) in [5.74, 6) is 1.10. The first-order valence-electron chi connectivity index (χ1n) is 8.09. The summed E-state index contributed by atoms with van der Waals surface area (Å²) < 4.78 is 11.7. The van der Waals surface area contributed by atoms with Crippen LogP contribution in [-0.2, 0) is 0 Å². The van der Waals surface area contributed by atoms with Crippen LogP contribution in [0.15, 0.2) is 16.6 Å². The van der Waals surface area contributed by atoms with E-state index in [1.807, 2.05) is 17.0 Å². The minimum Gasteiger partial charge on any atom is -0.496 e. The molecule has 1 atom stereocenters. The molecule has 6 heteroatoms. The average Bonchev–Trinajstić information content (AvgIpc) is 2.90. The first-order valence-corrected chi connectivity index (χ1v) is 8.88. The lowest BCUT2D eigenvalue weighted by molar-refractivity contribution is 0.0736. The van der Waals surface area contributed by atoms with Crippen molar-refractivity contribution >= 4 is 21.8 Å². The Morgan fingerprint density at radius 1 is 1.13 bits per heavy atom. The largest absolute Gasteiger partial charge is 0.496 e. The second-order valence-electron chi connectivity index (χ2n) is 6.12. The molecule has 1 aromatic carbocycles. The fraction of sp³-hybridized carbons (Fsp3) is 0.588. The molecule has 3 rings (SSSR count). The molecule has 0 radical (unpaired) electrons. The molecule has 2 saturated heterocycles. The van der Waals surface area contributed by atoms with Crippen molar-refractivity contribution in [3.05, 3.63) is 22.2 Å². The normalized spacial score (nSPS) is 21.7. The fourth-order valence-electron chi connectivity index (χ4n) is 3.64. The highest BCUT2D eigenvalue weighted by atomic mass is 79.9. The van der Waals surface area contributed by atoms with Crippen molar-refractivity contribution in [1.29, 1.82) is 0 Å². The van der Waals surface area contributed by atoms with E-state index in [4.69, 9.17) is 9.47 Å². The van der Waals surface area contributed by atoms with Crippen molar-refractivity contribution in [2.24, 2.45) is 0 Å². The van der Waals surface area contributed by atoms with E-state index in [1.165, 1.54) is 12.8 Å². The van der Waals surface area contributed by atoms with Crippen LogP contribution in [0.1, 0.15) is 29.6 Å². The van der Waals surface area contributed by atoms with E-state index >= 15 is 0 Å². The molecule has 2 aliphatic heterocycles. The maximum absolute atomic E-state index is 13.1. The Bertz CT molecular complexity index is 568. The van der Waals surface area contributed by atoms with E-state index in [0.717, 1.165) is 37.1 Å². The number of ether oxygens (including phenoxy) is 2. The molecule has 0 bridgehead atoms. The van der Waals surface area contributed by atoms with Crippen LogP contribution in [0.5, 0.6) is 11.5 Å². The third kappa shape index (κ3) is 3.33. The Morgan fingerprint density at radius 3 is 2.43 bits per heavy atom. The van der Waals surface area contributed by atoms with Crippen molar-refractivity contribution < 1.29 is 14.3 Å². The van der Waals surface area contributed by atoms with Crippen LogP contribution in [0, 0.1) is 0 Å². The van der Waals surface area contributed by atoms with Gasteiger partial charge in [0.2, 0.25) is 0 Å². The number of methoxy groups -OCH3 is 2. The number of amides is 1. The molecule has 126 valence electrons. The standard InChI is InChI=1S/C17H23BrN2O3/c1-22-14-9-12(18)10-15(23-2)16(14)17(21)20-8-4-7-19-6-3-5-13(19)11-20/h9-10,13H,3-8,11H2,1-2H3. The van der Waals surface area contributed by atoms with Crippen molar-refractivity contribution in [2.75, 3.05) is 40.4 Å². The molecule has 23 heavy (non-hydrogen) atoms. The number of rotatable bonds is 3. The zero-order valence-electron chi connectivity index (χ0n) is 13.7. The minimum absolute atomic E-state index is 0.0000463. The van der Waals surface area contributed by atoms with E-state index in [-0.39, 0.29) is 5.91 Å². The van der Waals surface area contributed by atoms with Gasteiger partial charge in [0.1, 0.15) is 17.1 Å². The van der Waals surface area contributed by atoms with E-state index in [1.54, 1.807) is 14.2 Å². The predicted octanol–water partition coefficient (Wildman–Crippen LogP) is 2.78. The smallest absolute Gasteiger partial charge is 0.261 e. The second-order valence-corrected chi connectivity index (χ2v) is 7.04. The van der Waals surface area contributed by atoms with Gasteiger partial charge in [-0.15, -0.1) is 0 Å². The maximum Gasteiger partial charge on any atom is 0.261 e. The zero-order valence-corrected chi connectivity index (χ0v) is 15.3. The molecule has 1 unspecified atom stereocenters. The molecule has 2 aliphatic rings. The summed E-state index contributed by atoms with van der Waals surface area (Å²) in [5.41, 5.74) is 0.518. The number of carbonyl (C=O) groups is 1. The number of fused-ring (bicyclic) bond motifs is 1. The average molecular weight is 383 g/mol. The number of nitrogens with zero attached hydrogens (tertiary/aromatic N) is 2. The van der Waals surface area contributed by atoms with Crippen molar-refractivity contribution in [1.82, 2.24) is 9.80 Å². The number of hydrogen-bond donors (Lipinski definition) is 0. The van der Waals surface area contributed by atoms with Crippen LogP contribution in [0.25, 0.3) is 0 Å². The summed E-state index contributed by atoms with van der Waals surface area (Å²) in [6, 6.07) is 4.12. The number of benzene rings is 1. The summed E-state index contributed by atoms with van der Waals surface area (Å²) in [5, 5.41) is 0. The monoisotopic (exact) mass is 382 g/mol. The third-order valence-corrected chi connectivity index (χ3v) is 5.23. The van der Waals surface area contributed by atoms with Crippen molar-refractivity contribution in [3.63, 3.8) is 0 Å². The SMILES string of the molecule is COc1cc(Br)cc(OC)c1C(=O)N1CCCN2CCCC2C1. The Balaban J connectivity index is 1.90. The second kappa shape index (κ2) is 7.09. The molecule has 5 nitrogen and oxygen atoms in total. The van der Waals surface area contributed by atoms with Gasteiger partial charge in [-0.05, 0) is 37.9 Å². The Morgan fingerprint density at radius 2 is 1.78 bits per heavy atom. The molecule has 0 aliphatic carbocycles. The molecule has 0 saturated carbocycles. The zero-order chi connectivity index (χ0) is 16.4. The lowest BCUT2D eigenvalue weighted by atomic mass is 10.1. The topological polar surface area (TPSA) is 42.0 Å². The molecular weight excluding hydrogens is 360 g/mol. The van der Waals surface area contributed by atoms with Gasteiger partial charge in [0, 0.05) is 30.1 Å². The molecule has 1 aromatic rings. The summed E-state index contributed by atoms with van der Waals surface area (Å²) in [7, 11) is 3.16. The van der Waals surface area contributed by atoms with Crippen LogP contribution in [-0.4, -0.2) is 62.1 Å². The van der Waals surface area contributed by atoms with Gasteiger partial charge in [0.25, 0.3) is 5.91 Å². The van der Waals surface area contributed by atoms with Crippen LogP contribution in [0.4, 0.5) is 0 Å². The van der Waals surface area contributed by atoms with E-state index in [9.17, 15) is 4.79 Å². The van der Waals surface area contributed by atoms with E-state index in [0.29, 0.717) is 23.1 Å². The van der Waals surface area contributed by atoms with Crippen LogP contribution in [0.3, 0.4) is 0 Å². The number of halogens is 1. The van der Waals surface area contributed by atoms with Gasteiger partial charge in [0.15, 0.2) is 0 Å². The van der Waals surface area contributed by atoms with Gasteiger partial charge in [0.05, 0.1) is 14.2 Å². The van der Waals surface area contributed by atoms with Crippen LogP contribution < -0.4 is 9.47 Å².